The molecule has 1 rings (SSSR count). The van der Waals surface area contributed by atoms with Crippen LogP contribution in [0.4, 0.5) is 8.78 Å². The Bertz CT molecular complexity index is 454. The molecular formula is C16H26F2N2. The van der Waals surface area contributed by atoms with E-state index in [1.807, 2.05) is 14.1 Å². The van der Waals surface area contributed by atoms with E-state index in [-0.39, 0.29) is 11.6 Å². The van der Waals surface area contributed by atoms with Gasteiger partial charge in [-0.3, -0.25) is 0 Å². The summed E-state index contributed by atoms with van der Waals surface area (Å²) in [5, 5.41) is 3.18. The van der Waals surface area contributed by atoms with Crippen LogP contribution in [0.3, 0.4) is 0 Å². The fourth-order valence-corrected chi connectivity index (χ4v) is 3.15. The van der Waals surface area contributed by atoms with Crippen molar-refractivity contribution in [2.24, 2.45) is 0 Å². The summed E-state index contributed by atoms with van der Waals surface area (Å²) in [5.41, 5.74) is 0.481. The van der Waals surface area contributed by atoms with E-state index >= 15 is 0 Å². The van der Waals surface area contributed by atoms with Crippen LogP contribution in [0.25, 0.3) is 0 Å². The Labute approximate surface area is 121 Å². The Morgan fingerprint density at radius 1 is 1.15 bits per heavy atom. The van der Waals surface area contributed by atoms with Crippen molar-refractivity contribution in [2.45, 2.75) is 45.2 Å². The highest BCUT2D eigenvalue weighted by Crippen LogP contribution is 2.37. The lowest BCUT2D eigenvalue weighted by Gasteiger charge is -2.45. The quantitative estimate of drug-likeness (QED) is 0.857. The number of nitrogens with one attached hydrogen (secondary N) is 1. The lowest BCUT2D eigenvalue weighted by atomic mass is 9.79. The summed E-state index contributed by atoms with van der Waals surface area (Å²) >= 11 is 0. The van der Waals surface area contributed by atoms with Crippen LogP contribution in [0.15, 0.2) is 12.1 Å². The molecule has 0 aliphatic rings. The number of benzene rings is 1. The molecule has 1 aromatic rings. The molecule has 0 radical (unpaired) electrons. The second-order valence-corrected chi connectivity index (χ2v) is 5.53. The van der Waals surface area contributed by atoms with Crippen molar-refractivity contribution in [1.82, 2.24) is 10.2 Å². The van der Waals surface area contributed by atoms with E-state index in [1.54, 1.807) is 26.1 Å². The summed E-state index contributed by atoms with van der Waals surface area (Å²) in [6.07, 6.45) is 1.69. The Morgan fingerprint density at radius 3 is 2.10 bits per heavy atom. The van der Waals surface area contributed by atoms with Gasteiger partial charge in [-0.1, -0.05) is 26.0 Å². The highest BCUT2D eigenvalue weighted by atomic mass is 19.2. The third-order valence-electron chi connectivity index (χ3n) is 4.56. The van der Waals surface area contributed by atoms with E-state index < -0.39 is 11.6 Å². The summed E-state index contributed by atoms with van der Waals surface area (Å²) in [4.78, 5) is 2.10. The molecule has 0 aliphatic heterocycles. The first kappa shape index (κ1) is 17.1. The van der Waals surface area contributed by atoms with Crippen LogP contribution in [-0.2, 0) is 0 Å². The first-order chi connectivity index (χ1) is 9.35. The zero-order valence-corrected chi connectivity index (χ0v) is 13.3. The van der Waals surface area contributed by atoms with Gasteiger partial charge in [-0.2, -0.15) is 0 Å². The molecule has 0 fully saturated rings. The molecule has 2 nitrogen and oxygen atoms in total. The molecule has 0 amide bonds. The number of likely N-dealkylation sites (N-methyl/N-ethyl adjacent to an activating group) is 2. The van der Waals surface area contributed by atoms with Gasteiger partial charge in [0.2, 0.25) is 0 Å². The van der Waals surface area contributed by atoms with E-state index in [4.69, 9.17) is 0 Å². The number of aryl methyl sites for hydroxylation is 1. The summed E-state index contributed by atoms with van der Waals surface area (Å²) < 4.78 is 28.2. The van der Waals surface area contributed by atoms with Gasteiger partial charge in [0.15, 0.2) is 11.6 Å². The number of hydrogen-bond donors (Lipinski definition) is 1. The molecule has 0 aliphatic carbocycles. The highest BCUT2D eigenvalue weighted by molar-refractivity contribution is 5.30. The van der Waals surface area contributed by atoms with Crippen LogP contribution in [0.1, 0.15) is 43.9 Å². The maximum absolute atomic E-state index is 14.3. The van der Waals surface area contributed by atoms with E-state index in [0.29, 0.717) is 11.1 Å². The van der Waals surface area contributed by atoms with Crippen LogP contribution < -0.4 is 5.32 Å². The minimum Gasteiger partial charge on any atom is -0.311 e. The molecule has 0 saturated carbocycles. The van der Waals surface area contributed by atoms with E-state index in [0.717, 1.165) is 12.8 Å². The Balaban J connectivity index is 3.42. The first-order valence-corrected chi connectivity index (χ1v) is 7.14. The van der Waals surface area contributed by atoms with Gasteiger partial charge < -0.3 is 10.2 Å². The molecule has 4 heteroatoms. The minimum atomic E-state index is -0.748. The SMILES string of the molecule is CCC(CC)(C(NC)c1ccc(C)c(F)c1F)N(C)C. The van der Waals surface area contributed by atoms with E-state index in [1.165, 1.54) is 0 Å². The van der Waals surface area contributed by atoms with E-state index in [9.17, 15) is 8.78 Å². The molecule has 0 saturated heterocycles. The fourth-order valence-electron chi connectivity index (χ4n) is 3.15. The highest BCUT2D eigenvalue weighted by Gasteiger charge is 2.39. The number of nitrogens with zero attached hydrogens (tertiary/aromatic N) is 1. The topological polar surface area (TPSA) is 15.3 Å². The summed E-state index contributed by atoms with van der Waals surface area (Å²) in [5.74, 6) is -1.49. The molecule has 0 heterocycles. The summed E-state index contributed by atoms with van der Waals surface area (Å²) in [6.45, 7) is 5.74. The third-order valence-corrected chi connectivity index (χ3v) is 4.56. The lowest BCUT2D eigenvalue weighted by molar-refractivity contribution is 0.0897. The third kappa shape index (κ3) is 2.72. The fraction of sp³-hybridized carbons (Fsp3) is 0.625. The van der Waals surface area contributed by atoms with Crippen LogP contribution in [-0.4, -0.2) is 31.6 Å². The van der Waals surface area contributed by atoms with Gasteiger partial charge in [-0.05, 0) is 46.5 Å². The predicted molar refractivity (Wildman–Crippen MR) is 79.9 cm³/mol. The van der Waals surface area contributed by atoms with Gasteiger partial charge >= 0.3 is 0 Å². The molecule has 1 aromatic carbocycles. The molecule has 20 heavy (non-hydrogen) atoms. The molecule has 114 valence electrons. The van der Waals surface area contributed by atoms with Crippen molar-refractivity contribution in [3.05, 3.63) is 34.9 Å². The summed E-state index contributed by atoms with van der Waals surface area (Å²) in [7, 11) is 5.77. The molecule has 0 spiro atoms. The Kier molecular flexibility index (Phi) is 5.66. The molecule has 1 N–H and O–H groups in total. The molecule has 1 atom stereocenters. The normalized spacial score (nSPS) is 13.8. The maximum atomic E-state index is 14.3. The van der Waals surface area contributed by atoms with Crippen molar-refractivity contribution in [1.29, 1.82) is 0 Å². The van der Waals surface area contributed by atoms with E-state index in [2.05, 4.69) is 24.1 Å². The zero-order valence-electron chi connectivity index (χ0n) is 13.3. The standard InChI is InChI=1S/C16H26F2N2/c1-7-16(8-2,20(5)6)15(19-4)12-10-9-11(3)13(17)14(12)18/h9-10,15,19H,7-8H2,1-6H3. The van der Waals surface area contributed by atoms with Crippen molar-refractivity contribution >= 4 is 0 Å². The van der Waals surface area contributed by atoms with Crippen molar-refractivity contribution < 1.29 is 8.78 Å². The van der Waals surface area contributed by atoms with Gasteiger partial charge in [0.1, 0.15) is 0 Å². The Morgan fingerprint density at radius 2 is 1.70 bits per heavy atom. The van der Waals surface area contributed by atoms with Gasteiger partial charge in [-0.25, -0.2) is 8.78 Å². The monoisotopic (exact) mass is 284 g/mol. The molecule has 0 aromatic heterocycles. The largest absolute Gasteiger partial charge is 0.311 e. The summed E-state index contributed by atoms with van der Waals surface area (Å²) in [6, 6.07) is 3.07. The molecule has 1 unspecified atom stereocenters. The maximum Gasteiger partial charge on any atom is 0.163 e. The van der Waals surface area contributed by atoms with Crippen molar-refractivity contribution in [3.63, 3.8) is 0 Å². The lowest BCUT2D eigenvalue weighted by Crippen LogP contribution is -2.52. The first-order valence-electron chi connectivity index (χ1n) is 7.14. The second-order valence-electron chi connectivity index (χ2n) is 5.53. The van der Waals surface area contributed by atoms with Crippen LogP contribution in [0, 0.1) is 18.6 Å². The average molecular weight is 284 g/mol. The minimum absolute atomic E-state index is 0.253. The van der Waals surface area contributed by atoms with Gasteiger partial charge in [0.05, 0.1) is 6.04 Å². The number of hydrogen-bond acceptors (Lipinski definition) is 2. The predicted octanol–water partition coefficient (Wildman–Crippen LogP) is 3.65. The molecular weight excluding hydrogens is 258 g/mol. The van der Waals surface area contributed by atoms with Crippen LogP contribution >= 0.6 is 0 Å². The second kappa shape index (κ2) is 6.64. The number of rotatable bonds is 6. The molecule has 0 bridgehead atoms. The van der Waals surface area contributed by atoms with Gasteiger partial charge in [-0.15, -0.1) is 0 Å². The average Bonchev–Trinajstić information content (AvgIpc) is 2.43. The Hall–Kier alpha value is -1.00. The van der Waals surface area contributed by atoms with Crippen molar-refractivity contribution in [2.75, 3.05) is 21.1 Å². The van der Waals surface area contributed by atoms with Crippen molar-refractivity contribution in [3.8, 4) is 0 Å². The van der Waals surface area contributed by atoms with Gasteiger partial charge in [0, 0.05) is 11.1 Å². The smallest absolute Gasteiger partial charge is 0.163 e. The zero-order chi connectivity index (χ0) is 15.5. The van der Waals surface area contributed by atoms with Crippen LogP contribution in [0.5, 0.6) is 0 Å². The van der Waals surface area contributed by atoms with Crippen LogP contribution in [0.2, 0.25) is 0 Å². The van der Waals surface area contributed by atoms with Gasteiger partial charge in [0.25, 0.3) is 0 Å². The number of halogens is 2.